The van der Waals surface area contributed by atoms with Gasteiger partial charge in [-0.3, -0.25) is 4.79 Å². The molecule has 4 saturated carbocycles. The van der Waals surface area contributed by atoms with E-state index in [2.05, 4.69) is 47.6 Å². The Morgan fingerprint density at radius 3 is 2.12 bits per heavy atom. The Kier molecular flexibility index (Phi) is 12.9. The third-order valence-electron chi connectivity index (χ3n) is 19.0. The van der Waals surface area contributed by atoms with Gasteiger partial charge in [0.25, 0.3) is 0 Å². The molecule has 8 rings (SSSR count). The number of aliphatic hydroxyl groups excluding tert-OH is 8. The summed E-state index contributed by atoms with van der Waals surface area (Å²) in [5.74, 6) is -1.70. The molecule has 0 aromatic heterocycles. The van der Waals surface area contributed by atoms with Crippen LogP contribution in [0, 0.1) is 50.2 Å². The highest BCUT2D eigenvalue weighted by Gasteiger charge is 2.70. The highest BCUT2D eigenvalue weighted by molar-refractivity contribution is 5.94. The van der Waals surface area contributed by atoms with Crippen molar-refractivity contribution < 1.29 is 84.0 Å². The minimum Gasteiger partial charge on any atom is -0.502 e. The zero-order chi connectivity index (χ0) is 47.6. The lowest BCUT2D eigenvalue weighted by Crippen LogP contribution is -2.68. The van der Waals surface area contributed by atoms with Crippen LogP contribution >= 0.6 is 0 Å². The molecule has 2 saturated heterocycles. The van der Waals surface area contributed by atoms with Crippen LogP contribution in [0.2, 0.25) is 0 Å². The SMILES string of the molecule is CC1=C(O)C(=O)C[C@@H](O[C@@H]2CC(C)(C)C[C@H]3C4=CC[C@@H]5[C@@]6(C)CC[C@H](O[C@@H]7O[C@H](C(=O)O)[C@@H](O)[C@H](O)[C@H]7O[C@@H]7O[C@H](CO)[C@H](O)[C@H](O)[C@H]7O)[C@](C)(CO)[C@@H]6CC[C@@]5(C)[C@]4(C)CC[C@@]23C)O1. The third-order valence-corrected chi connectivity index (χ3v) is 19.0. The van der Waals surface area contributed by atoms with E-state index < -0.39 is 91.8 Å². The summed E-state index contributed by atoms with van der Waals surface area (Å²) in [6, 6.07) is 0. The van der Waals surface area contributed by atoms with E-state index in [9.17, 15) is 55.5 Å². The van der Waals surface area contributed by atoms with Crippen LogP contribution in [-0.4, -0.2) is 151 Å². The Labute approximate surface area is 381 Å². The van der Waals surface area contributed by atoms with Crippen molar-refractivity contribution in [2.75, 3.05) is 13.2 Å². The Balaban J connectivity index is 1.06. The largest absolute Gasteiger partial charge is 0.502 e. The van der Waals surface area contributed by atoms with E-state index in [1.165, 1.54) is 5.57 Å². The summed E-state index contributed by atoms with van der Waals surface area (Å²) in [5, 5.41) is 95.2. The van der Waals surface area contributed by atoms with Gasteiger partial charge in [-0.2, -0.15) is 0 Å². The first kappa shape index (κ1) is 49.2. The predicted molar refractivity (Wildman–Crippen MR) is 228 cm³/mol. The Morgan fingerprint density at radius 1 is 0.769 bits per heavy atom. The monoisotopic (exact) mass is 922 g/mol. The second kappa shape index (κ2) is 17.0. The molecule has 0 spiro atoms. The summed E-state index contributed by atoms with van der Waals surface area (Å²) in [5.41, 5.74) is -0.212. The number of allylic oxidation sites excluding steroid dienone is 4. The van der Waals surface area contributed by atoms with Crippen LogP contribution in [0.5, 0.6) is 0 Å². The number of carbonyl (C=O) groups excluding carboxylic acids is 1. The highest BCUT2D eigenvalue weighted by atomic mass is 16.8. The van der Waals surface area contributed by atoms with E-state index in [0.717, 1.165) is 44.9 Å². The fourth-order valence-electron chi connectivity index (χ4n) is 14.9. The minimum absolute atomic E-state index is 0.0302. The molecule has 17 nitrogen and oxygen atoms in total. The van der Waals surface area contributed by atoms with E-state index in [4.69, 9.17) is 28.4 Å². The average Bonchev–Trinajstić information content (AvgIpc) is 3.24. The van der Waals surface area contributed by atoms with Gasteiger partial charge in [0, 0.05) is 10.8 Å². The van der Waals surface area contributed by atoms with Crippen LogP contribution in [0.15, 0.2) is 23.2 Å². The van der Waals surface area contributed by atoms with Gasteiger partial charge < -0.3 is 74.4 Å². The van der Waals surface area contributed by atoms with Gasteiger partial charge in [-0.1, -0.05) is 60.1 Å². The molecule has 0 bridgehead atoms. The van der Waals surface area contributed by atoms with E-state index in [-0.39, 0.29) is 81.3 Å². The number of carbonyl (C=O) groups is 2. The normalized spacial score (nSPS) is 52.0. The number of carboxylic acids is 1. The first-order valence-electron chi connectivity index (χ1n) is 23.7. The molecule has 17 heteroatoms. The van der Waals surface area contributed by atoms with Crippen LogP contribution < -0.4 is 0 Å². The number of rotatable bonds is 9. The van der Waals surface area contributed by atoms with Gasteiger partial charge in [0.05, 0.1) is 31.8 Å². The zero-order valence-corrected chi connectivity index (χ0v) is 39.1. The fraction of sp³-hybridized carbons (Fsp3) is 0.875. The molecule has 21 atom stereocenters. The number of ether oxygens (including phenoxy) is 6. The van der Waals surface area contributed by atoms with Gasteiger partial charge in [0.15, 0.2) is 24.4 Å². The molecule has 0 unspecified atom stereocenters. The van der Waals surface area contributed by atoms with E-state index in [0.29, 0.717) is 12.8 Å². The molecule has 5 aliphatic carbocycles. The standard InChI is InChI=1S/C48H74O17/c1-22-32(52)25(51)17-31(60-22)62-30-19-43(2,3)18-24-23-9-10-28-45(5)13-12-29(46(6,21-50)27(45)11-14-48(28,8)47(23,7)16-15-44(24,30)4)63-42-39(36(56)35(55)38(64-42)40(58)59)65-41-37(57)34(54)33(53)26(20-49)61-41/h9,24,26-31,33-39,41-42,49-50,52-57H,10-21H2,1-8H3,(H,58,59)/t24-,26+,27+,28+,29-,30+,31+,33-,34-,35-,36-,37+,38-,39+,41-,42+,44+,45-,46+,47+,48+/m0/s1. The molecule has 3 heterocycles. The van der Waals surface area contributed by atoms with Crippen LogP contribution in [-0.2, 0) is 38.0 Å². The van der Waals surface area contributed by atoms with Gasteiger partial charge in [-0.15, -0.1) is 0 Å². The van der Waals surface area contributed by atoms with Crippen LogP contribution in [0.25, 0.3) is 0 Å². The van der Waals surface area contributed by atoms with Gasteiger partial charge >= 0.3 is 5.97 Å². The first-order valence-corrected chi connectivity index (χ1v) is 23.7. The Bertz CT molecular complexity index is 1900. The maximum atomic E-state index is 12.6. The van der Waals surface area contributed by atoms with Crippen molar-refractivity contribution in [3.8, 4) is 0 Å². The van der Waals surface area contributed by atoms with Crippen molar-refractivity contribution in [2.24, 2.45) is 50.2 Å². The Hall–Kier alpha value is -2.26. The van der Waals surface area contributed by atoms with Crippen molar-refractivity contribution in [3.05, 3.63) is 23.2 Å². The summed E-state index contributed by atoms with van der Waals surface area (Å²) in [4.78, 5) is 24.9. The average molecular weight is 923 g/mol. The van der Waals surface area contributed by atoms with Gasteiger partial charge in [0.1, 0.15) is 48.5 Å². The lowest BCUT2D eigenvalue weighted by molar-refractivity contribution is -0.375. The topological polar surface area (TPSA) is 272 Å². The maximum Gasteiger partial charge on any atom is 0.335 e. The highest BCUT2D eigenvalue weighted by Crippen LogP contribution is 2.76. The lowest BCUT2D eigenvalue weighted by Gasteiger charge is -2.72. The maximum absolute atomic E-state index is 12.6. The zero-order valence-electron chi connectivity index (χ0n) is 39.1. The fourth-order valence-corrected chi connectivity index (χ4v) is 14.9. The first-order chi connectivity index (χ1) is 30.3. The molecule has 0 radical (unpaired) electrons. The molecule has 0 aromatic rings. The molecular formula is C48H74O17. The van der Waals surface area contributed by atoms with Crippen molar-refractivity contribution in [3.63, 3.8) is 0 Å². The number of hydrogen-bond donors (Lipinski definition) is 9. The number of fused-ring (bicyclic) bond motifs is 7. The summed E-state index contributed by atoms with van der Waals surface area (Å²) in [6.07, 6.45) is -9.54. The van der Waals surface area contributed by atoms with E-state index in [1.807, 2.05) is 6.92 Å². The van der Waals surface area contributed by atoms with Crippen molar-refractivity contribution in [2.45, 2.75) is 200 Å². The predicted octanol–water partition coefficient (Wildman–Crippen LogP) is 2.98. The molecule has 0 aromatic carbocycles. The molecule has 368 valence electrons. The van der Waals surface area contributed by atoms with Crippen LogP contribution in [0.3, 0.4) is 0 Å². The number of Topliss-reactive ketones (excluding diaryl/α,β-unsaturated/α-hetero) is 1. The van der Waals surface area contributed by atoms with E-state index in [1.54, 1.807) is 6.92 Å². The molecule has 6 fully saturated rings. The van der Waals surface area contributed by atoms with Crippen molar-refractivity contribution >= 4 is 11.8 Å². The Morgan fingerprint density at radius 2 is 1.48 bits per heavy atom. The molecule has 8 aliphatic rings. The smallest absolute Gasteiger partial charge is 0.335 e. The van der Waals surface area contributed by atoms with Crippen molar-refractivity contribution in [1.82, 2.24) is 0 Å². The van der Waals surface area contributed by atoms with Crippen LogP contribution in [0.1, 0.15) is 120 Å². The molecule has 0 amide bonds. The number of carboxylic acid groups (broad SMARTS) is 1. The van der Waals surface area contributed by atoms with Gasteiger partial charge in [-0.05, 0) is 104 Å². The summed E-state index contributed by atoms with van der Waals surface area (Å²) < 4.78 is 36.7. The van der Waals surface area contributed by atoms with Gasteiger partial charge in [-0.25, -0.2) is 4.79 Å². The lowest BCUT2D eigenvalue weighted by atomic mass is 9.33. The quantitative estimate of drug-likeness (QED) is 0.119. The molecule has 9 N–H and O–H groups in total. The summed E-state index contributed by atoms with van der Waals surface area (Å²) >= 11 is 0. The number of aliphatic carboxylic acids is 1. The van der Waals surface area contributed by atoms with Crippen molar-refractivity contribution in [1.29, 1.82) is 0 Å². The minimum atomic E-state index is -1.99. The molecule has 65 heavy (non-hydrogen) atoms. The van der Waals surface area contributed by atoms with E-state index >= 15 is 0 Å². The van der Waals surface area contributed by atoms with Crippen LogP contribution in [0.4, 0.5) is 0 Å². The number of ketones is 1. The second-order valence-corrected chi connectivity index (χ2v) is 23.0. The van der Waals surface area contributed by atoms with Gasteiger partial charge in [0.2, 0.25) is 12.1 Å². The summed E-state index contributed by atoms with van der Waals surface area (Å²) in [7, 11) is 0. The third kappa shape index (κ3) is 7.65. The molecular weight excluding hydrogens is 849 g/mol. The summed E-state index contributed by atoms with van der Waals surface area (Å²) in [6.45, 7) is 16.7. The molecule has 3 aliphatic heterocycles. The second-order valence-electron chi connectivity index (χ2n) is 23.0. The number of aliphatic hydroxyl groups is 8. The number of hydrogen-bond acceptors (Lipinski definition) is 16.